The smallest absolute Gasteiger partial charge is 0.0942 e. The van der Waals surface area contributed by atoms with Gasteiger partial charge in [0.2, 0.25) is 0 Å². The average molecular weight is 385 g/mol. The van der Waals surface area contributed by atoms with Crippen LogP contribution < -0.4 is 0 Å². The van der Waals surface area contributed by atoms with Crippen molar-refractivity contribution in [1.29, 1.82) is 0 Å². The predicted octanol–water partition coefficient (Wildman–Crippen LogP) is 7.26. The third-order valence-corrected chi connectivity index (χ3v) is 7.20. The Morgan fingerprint density at radius 1 is 0.714 bits per heavy atom. The number of fused-ring (bicyclic) bond motifs is 1. The first-order chi connectivity index (χ1) is 13.2. The van der Waals surface area contributed by atoms with Crippen LogP contribution in [0, 0.1) is 11.8 Å². The number of hydrogen-bond acceptors (Lipinski definition) is 2. The number of rotatable bonds is 4. The summed E-state index contributed by atoms with van der Waals surface area (Å²) in [6.07, 6.45) is 3.43. The Labute approximate surface area is 172 Å². The highest BCUT2D eigenvalue weighted by Crippen LogP contribution is 2.44. The van der Waals surface area contributed by atoms with Crippen LogP contribution in [0.5, 0.6) is 0 Å². The molecule has 28 heavy (non-hydrogen) atoms. The van der Waals surface area contributed by atoms with E-state index >= 15 is 0 Å². The van der Waals surface area contributed by atoms with Crippen molar-refractivity contribution >= 4 is 10.8 Å². The van der Waals surface area contributed by atoms with Gasteiger partial charge in [0.05, 0.1) is 23.4 Å². The zero-order chi connectivity index (χ0) is 20.9. The fourth-order valence-electron chi connectivity index (χ4n) is 3.67. The molecule has 6 atom stereocenters. The highest BCUT2D eigenvalue weighted by atomic mass is 16.6. The standard InChI is InChI=1S/C10H8.2C8H16O/c1-2-6-10-8-4-3-7-9(10)5-1;2*1-5-6(2)8(4)7(3)9-8/h1-8H;2*6-7H,5H2,1-4H3. The number of epoxide rings is 2. The first-order valence-corrected chi connectivity index (χ1v) is 11.0. The van der Waals surface area contributed by atoms with Crippen LogP contribution in [0.1, 0.15) is 68.2 Å². The second-order valence-corrected chi connectivity index (χ2v) is 8.85. The van der Waals surface area contributed by atoms with E-state index < -0.39 is 0 Å². The summed E-state index contributed by atoms with van der Waals surface area (Å²) in [6.45, 7) is 17.6. The van der Waals surface area contributed by atoms with E-state index in [4.69, 9.17) is 9.47 Å². The molecule has 156 valence electrons. The Kier molecular flexibility index (Phi) is 7.70. The minimum atomic E-state index is 0.217. The van der Waals surface area contributed by atoms with Crippen LogP contribution in [-0.2, 0) is 9.47 Å². The Bertz CT molecular complexity index is 649. The Hall–Kier alpha value is -1.38. The lowest BCUT2D eigenvalue weighted by Gasteiger charge is -2.12. The molecule has 2 aliphatic heterocycles. The molecule has 2 aromatic carbocycles. The van der Waals surface area contributed by atoms with Crippen LogP contribution in [0.4, 0.5) is 0 Å². The van der Waals surface area contributed by atoms with Gasteiger partial charge >= 0.3 is 0 Å². The van der Waals surface area contributed by atoms with E-state index in [0.29, 0.717) is 24.0 Å². The summed E-state index contributed by atoms with van der Waals surface area (Å²) in [5.41, 5.74) is 0.434. The molecule has 2 saturated heterocycles. The molecule has 0 radical (unpaired) electrons. The van der Waals surface area contributed by atoms with Gasteiger partial charge < -0.3 is 9.47 Å². The summed E-state index contributed by atoms with van der Waals surface area (Å²) in [5.74, 6) is 1.43. The molecule has 2 heterocycles. The highest BCUT2D eigenvalue weighted by molar-refractivity contribution is 5.81. The lowest BCUT2D eigenvalue weighted by molar-refractivity contribution is 0.239. The maximum Gasteiger partial charge on any atom is 0.0942 e. The molecule has 2 nitrogen and oxygen atoms in total. The van der Waals surface area contributed by atoms with Crippen LogP contribution in [0.3, 0.4) is 0 Å². The summed E-state index contributed by atoms with van der Waals surface area (Å²) in [5, 5.41) is 2.62. The molecule has 2 aromatic rings. The van der Waals surface area contributed by atoms with Gasteiger partial charge in [-0.05, 0) is 50.3 Å². The summed E-state index contributed by atoms with van der Waals surface area (Å²) in [6, 6.07) is 16.7. The van der Waals surface area contributed by atoms with Crippen molar-refractivity contribution in [2.24, 2.45) is 11.8 Å². The Balaban J connectivity index is 0.000000151. The summed E-state index contributed by atoms with van der Waals surface area (Å²) < 4.78 is 10.9. The summed E-state index contributed by atoms with van der Waals surface area (Å²) in [7, 11) is 0. The van der Waals surface area contributed by atoms with Crippen molar-refractivity contribution in [1.82, 2.24) is 0 Å². The quantitative estimate of drug-likeness (QED) is 0.518. The van der Waals surface area contributed by atoms with Gasteiger partial charge in [0.25, 0.3) is 0 Å². The predicted molar refractivity (Wildman–Crippen MR) is 121 cm³/mol. The largest absolute Gasteiger partial charge is 0.366 e. The zero-order valence-electron chi connectivity index (χ0n) is 19.2. The van der Waals surface area contributed by atoms with E-state index in [2.05, 4.69) is 104 Å². The minimum Gasteiger partial charge on any atom is -0.366 e. The van der Waals surface area contributed by atoms with Crippen LogP contribution in [-0.4, -0.2) is 23.4 Å². The van der Waals surface area contributed by atoms with E-state index in [1.165, 1.54) is 23.6 Å². The molecule has 0 spiro atoms. The van der Waals surface area contributed by atoms with Crippen LogP contribution in [0.15, 0.2) is 48.5 Å². The van der Waals surface area contributed by atoms with Gasteiger partial charge in [-0.2, -0.15) is 0 Å². The lowest BCUT2D eigenvalue weighted by atomic mass is 9.91. The molecule has 0 bridgehead atoms. The molecule has 2 heteroatoms. The molecule has 0 N–H and O–H groups in total. The van der Waals surface area contributed by atoms with Gasteiger partial charge in [-0.3, -0.25) is 0 Å². The summed E-state index contributed by atoms with van der Waals surface area (Å²) in [4.78, 5) is 0. The van der Waals surface area contributed by atoms with Gasteiger partial charge in [-0.25, -0.2) is 0 Å². The number of benzene rings is 2. The molecular weight excluding hydrogens is 344 g/mol. The van der Waals surface area contributed by atoms with Crippen LogP contribution in [0.25, 0.3) is 10.8 Å². The van der Waals surface area contributed by atoms with Gasteiger partial charge in [0.1, 0.15) is 0 Å². The normalized spacial score (nSPS) is 32.3. The number of ether oxygens (including phenoxy) is 2. The molecule has 0 aromatic heterocycles. The van der Waals surface area contributed by atoms with Crippen molar-refractivity contribution in [2.45, 2.75) is 91.6 Å². The van der Waals surface area contributed by atoms with Crippen LogP contribution >= 0.6 is 0 Å². The average Bonchev–Trinajstić information content (AvgIpc) is 3.56. The third-order valence-electron chi connectivity index (χ3n) is 7.20. The molecular formula is C26H40O2. The van der Waals surface area contributed by atoms with Gasteiger partial charge in [-0.1, -0.05) is 89.1 Å². The fraction of sp³-hybridized carbons (Fsp3) is 0.615. The van der Waals surface area contributed by atoms with E-state index in [-0.39, 0.29) is 11.2 Å². The highest BCUT2D eigenvalue weighted by Gasteiger charge is 2.52. The molecule has 4 rings (SSSR count). The Morgan fingerprint density at radius 3 is 1.11 bits per heavy atom. The van der Waals surface area contributed by atoms with Crippen LogP contribution in [0.2, 0.25) is 0 Å². The van der Waals surface area contributed by atoms with Gasteiger partial charge in [0, 0.05) is 0 Å². The van der Waals surface area contributed by atoms with E-state index in [1.807, 2.05) is 0 Å². The zero-order valence-corrected chi connectivity index (χ0v) is 19.2. The molecule has 0 saturated carbocycles. The molecule has 2 aliphatic rings. The van der Waals surface area contributed by atoms with E-state index in [9.17, 15) is 0 Å². The summed E-state index contributed by atoms with van der Waals surface area (Å²) >= 11 is 0. The number of hydrogen-bond donors (Lipinski definition) is 0. The van der Waals surface area contributed by atoms with Crippen molar-refractivity contribution in [3.63, 3.8) is 0 Å². The fourth-order valence-corrected chi connectivity index (χ4v) is 3.67. The van der Waals surface area contributed by atoms with Crippen molar-refractivity contribution in [3.8, 4) is 0 Å². The van der Waals surface area contributed by atoms with Crippen molar-refractivity contribution < 1.29 is 9.47 Å². The maximum absolute atomic E-state index is 5.46. The molecule has 0 amide bonds. The second-order valence-electron chi connectivity index (χ2n) is 8.85. The van der Waals surface area contributed by atoms with Gasteiger partial charge in [-0.15, -0.1) is 0 Å². The minimum absolute atomic E-state index is 0.217. The SMILES string of the molecule is CCC(C)C1(C)OC1C.CCC(C)C1(C)OC1C.c1ccc2ccccc2c1. The first kappa shape index (κ1) is 22.9. The maximum atomic E-state index is 5.46. The lowest BCUT2D eigenvalue weighted by Crippen LogP contribution is -2.18. The first-order valence-electron chi connectivity index (χ1n) is 11.0. The van der Waals surface area contributed by atoms with Gasteiger partial charge in [0.15, 0.2) is 0 Å². The molecule has 0 aliphatic carbocycles. The van der Waals surface area contributed by atoms with Crippen molar-refractivity contribution in [2.75, 3.05) is 0 Å². The molecule has 2 fully saturated rings. The topological polar surface area (TPSA) is 25.1 Å². The Morgan fingerprint density at radius 2 is 0.964 bits per heavy atom. The van der Waals surface area contributed by atoms with E-state index in [0.717, 1.165) is 0 Å². The van der Waals surface area contributed by atoms with E-state index in [1.54, 1.807) is 0 Å². The third kappa shape index (κ3) is 5.36. The monoisotopic (exact) mass is 384 g/mol. The van der Waals surface area contributed by atoms with Crippen molar-refractivity contribution in [3.05, 3.63) is 48.5 Å². The second kappa shape index (κ2) is 9.41. The molecule has 6 unspecified atom stereocenters.